The van der Waals surface area contributed by atoms with Crippen LogP contribution in [-0.4, -0.2) is 166 Å². The Bertz CT molecular complexity index is 677. The van der Waals surface area contributed by atoms with Gasteiger partial charge >= 0.3 is 5.97 Å². The first kappa shape index (κ1) is 98.0. The van der Waals surface area contributed by atoms with Crippen molar-refractivity contribution in [3.8, 4) is 0 Å². The summed E-state index contributed by atoms with van der Waals surface area (Å²) in [6, 6.07) is 0. The molecule has 0 heterocycles. The number of hydrogen-bond acceptors (Lipinski definition) is 14. The third kappa shape index (κ3) is 745. The maximum atomic E-state index is 10.5. The van der Waals surface area contributed by atoms with E-state index in [1.807, 2.05) is 19.2 Å². The van der Waals surface area contributed by atoms with Crippen LogP contribution in [0.25, 0.3) is 0 Å². The second-order valence-electron chi connectivity index (χ2n) is 4.49. The Morgan fingerprint density at radius 2 is 0.630 bits per heavy atom. The second-order valence-corrected chi connectivity index (χ2v) is 4.49. The van der Waals surface area contributed by atoms with Crippen LogP contribution in [0.3, 0.4) is 0 Å². The first-order chi connectivity index (χ1) is 24.2. The molecule has 0 aromatic heterocycles. The fraction of sp³-hybridized carbons (Fsp3) is 0.391. The van der Waals surface area contributed by atoms with Gasteiger partial charge in [0.25, 0.3) is 0 Å². The predicted molar refractivity (Wildman–Crippen MR) is 167 cm³/mol. The van der Waals surface area contributed by atoms with Crippen LogP contribution in [0.15, 0.2) is 0 Å². The van der Waals surface area contributed by atoms with Crippen LogP contribution in [0.1, 0.15) is 20.3 Å². The molecule has 0 atom stereocenters. The van der Waals surface area contributed by atoms with E-state index in [2.05, 4.69) is 31.9 Å². The Morgan fingerprint density at radius 3 is 0.722 bits per heavy atom. The summed E-state index contributed by atoms with van der Waals surface area (Å²) in [6.07, 6.45) is 8.04. The zero-order chi connectivity index (χ0) is 43.4. The second kappa shape index (κ2) is 181. The van der Waals surface area contributed by atoms with E-state index in [0.29, 0.717) is 51.9 Å². The number of amides is 7. The van der Waals surface area contributed by atoms with Gasteiger partial charge in [0.1, 0.15) is 6.42 Å². The fourth-order valence-corrected chi connectivity index (χ4v) is 0.523. The molecule has 14 N–H and O–H groups in total. The van der Waals surface area contributed by atoms with Gasteiger partial charge in [-0.15, -0.1) is 0 Å². The molecule has 0 aromatic rings. The summed E-state index contributed by atoms with van der Waals surface area (Å²) in [5, 5.41) is 63.8. The van der Waals surface area contributed by atoms with E-state index in [1.54, 1.807) is 0 Å². The van der Waals surface area contributed by atoms with Crippen LogP contribution in [-0.2, 0) is 165 Å². The number of carbonyl (C=O) groups excluding carboxylic acids is 7. The Labute approximate surface area is 385 Å². The molecule has 31 heteroatoms. The molecule has 54 heavy (non-hydrogen) atoms. The number of hydrogen-bond donors (Lipinski definition) is 14. The van der Waals surface area contributed by atoms with E-state index in [4.69, 9.17) is 88.5 Å². The Morgan fingerprint density at radius 1 is 0.444 bits per heavy atom. The smallest absolute Gasteiger partial charge is 0.312 e. The van der Waals surface area contributed by atoms with Gasteiger partial charge in [-0.05, 0) is 34.2 Å². The monoisotopic (exact) mass is 1010 g/mol. The predicted octanol–water partition coefficient (Wildman–Crippen LogP) is -7.00. The minimum absolute atomic E-state index is 0. The van der Waals surface area contributed by atoms with Gasteiger partial charge in [0.15, 0.2) is 0 Å². The van der Waals surface area contributed by atoms with Crippen molar-refractivity contribution in [3.63, 3.8) is 0 Å². The van der Waals surface area contributed by atoms with E-state index in [0.717, 1.165) is 0 Å². The number of aliphatic hydroxyl groups excluding tert-OH is 6. The topological polar surface area (TPSA) is 465 Å². The summed E-state index contributed by atoms with van der Waals surface area (Å²) in [5.74, 6) is -1.86. The summed E-state index contributed by atoms with van der Waals surface area (Å²) in [7, 11) is 4.52. The van der Waals surface area contributed by atoms with Crippen molar-refractivity contribution in [2.45, 2.75) is 20.3 Å². The van der Waals surface area contributed by atoms with Crippen LogP contribution in [0, 0.1) is 0 Å². The standard InChI is InChI=1S/C5H7N2O4.2C3H6NO.3C2H4NO.6CHO2.3Y/c8-3-6-2-7-4(9)1-5(10)11;2*1-2-4-3-5;3*1-3-2-4;6*2-1-3;;;/h1-2H2,(H,6,8)(H,7,9)(H,10,11);2*2H2,1H3,(H,4,5);3*1H3,(H,3,4);6*(H,2,3);;;/q12*-1;;;. The van der Waals surface area contributed by atoms with Gasteiger partial charge in [-0.2, -0.15) is 38.5 Å². The fourth-order valence-electron chi connectivity index (χ4n) is 0.523. The molecule has 311 valence electrons. The van der Waals surface area contributed by atoms with Crippen LogP contribution >= 0.6 is 0 Å². The molecule has 0 bridgehead atoms. The zero-order valence-electron chi connectivity index (χ0n) is 28.9. The van der Waals surface area contributed by atoms with Crippen molar-refractivity contribution in [2.24, 2.45) is 0 Å². The molecule has 0 saturated heterocycles. The average molecular weight is 1010 g/mol. The number of rotatable bonds is 12. The van der Waals surface area contributed by atoms with E-state index >= 15 is 0 Å². The molecular formula is C23H37N7O21Y3-12. The first-order valence-electron chi connectivity index (χ1n) is 11.2. The van der Waals surface area contributed by atoms with E-state index in [-0.39, 0.29) is 105 Å². The molecule has 0 saturated carbocycles. The van der Waals surface area contributed by atoms with Gasteiger partial charge in [0.05, 0.1) is 6.67 Å². The van der Waals surface area contributed by atoms with Crippen molar-refractivity contribution in [1.29, 1.82) is 0 Å². The van der Waals surface area contributed by atoms with Crippen molar-refractivity contribution in [3.05, 3.63) is 0 Å². The van der Waals surface area contributed by atoms with Gasteiger partial charge in [-0.25, -0.2) is 0 Å². The van der Waals surface area contributed by atoms with E-state index in [9.17, 15) is 14.4 Å². The van der Waals surface area contributed by atoms with Crippen LogP contribution < -0.4 is 37.2 Å². The number of carboxylic acids is 1. The number of carbonyl (C=O) groups is 2. The largest absolute Gasteiger partial charge is 0.665 e. The Hall–Kier alpha value is -4.11. The summed E-state index contributed by atoms with van der Waals surface area (Å²) in [6.45, 7) is 7.92. The Balaban J connectivity index is -0.0000000243. The van der Waals surface area contributed by atoms with Gasteiger partial charge in [0, 0.05) is 98.1 Å². The van der Waals surface area contributed by atoms with Gasteiger partial charge in [-0.3, -0.25) is 9.59 Å². The zero-order valence-corrected chi connectivity index (χ0v) is 37.4. The number of nitrogens with one attached hydrogen (secondary N) is 7. The molecule has 0 aromatic carbocycles. The van der Waals surface area contributed by atoms with E-state index in [1.165, 1.54) is 59.6 Å². The molecule has 0 fully saturated rings. The molecule has 0 spiro atoms. The normalized spacial score (nSPS) is 5.43. The summed E-state index contributed by atoms with van der Waals surface area (Å²) >= 11 is 0. The third-order valence-corrected chi connectivity index (χ3v) is 1.56. The molecular weight excluding hydrogens is 977 g/mol. The third-order valence-electron chi connectivity index (χ3n) is 1.56. The van der Waals surface area contributed by atoms with Gasteiger partial charge < -0.3 is 130 Å². The molecule has 7 amide bonds. The molecule has 3 radical (unpaired) electrons. The number of carboxylic acid groups (broad SMARTS) is 1. The quantitative estimate of drug-likeness (QED) is 0.0284. The molecule has 0 aliphatic carbocycles. The Kier molecular flexibility index (Phi) is 328. The van der Waals surface area contributed by atoms with Gasteiger partial charge in [0.2, 0.25) is 5.91 Å². The number of aliphatic carboxylic acids is 1. The molecule has 0 aliphatic rings. The summed E-state index contributed by atoms with van der Waals surface area (Å²) < 4.78 is 0. The molecule has 28 nitrogen and oxygen atoms in total. The summed E-state index contributed by atoms with van der Waals surface area (Å²) in [5.41, 5.74) is 0. The minimum atomic E-state index is -1.21. The van der Waals surface area contributed by atoms with E-state index < -0.39 is 18.3 Å². The van der Waals surface area contributed by atoms with Crippen molar-refractivity contribution in [2.75, 3.05) is 40.9 Å². The SMILES string of the molecule is CCN[C-]=O.CCN[C-]=O.CN[C-]=O.CN[C-]=O.CN[C-]=O.O=[C-]NCNC(=O)CC(=O)O.O=[C-]O.O=[C-]O.O=[C-]O.O=[C-]O.O=[C-]O.O=[C-]O.[Y].[Y].[Y]. The van der Waals surface area contributed by atoms with Crippen molar-refractivity contribution in [1.82, 2.24) is 37.2 Å². The molecule has 0 unspecified atom stereocenters. The van der Waals surface area contributed by atoms with Gasteiger partial charge in [-0.1, -0.05) is 52.7 Å². The maximum Gasteiger partial charge on any atom is 0.312 e. The van der Waals surface area contributed by atoms with Crippen molar-refractivity contribution < 1.29 is 201 Å². The first-order valence-corrected chi connectivity index (χ1v) is 11.2. The van der Waals surface area contributed by atoms with Crippen LogP contribution in [0.4, 0.5) is 0 Å². The maximum absolute atomic E-state index is 10.5. The molecule has 0 aliphatic heterocycles. The van der Waals surface area contributed by atoms with Crippen LogP contribution in [0.2, 0.25) is 0 Å². The van der Waals surface area contributed by atoms with Crippen molar-refractivity contribution >= 4 is 89.2 Å². The average Bonchev–Trinajstić information content (AvgIpc) is 3.08. The summed E-state index contributed by atoms with van der Waals surface area (Å²) in [4.78, 5) is 124. The van der Waals surface area contributed by atoms with Crippen LogP contribution in [0.5, 0.6) is 0 Å². The molecule has 0 rings (SSSR count). The minimum Gasteiger partial charge on any atom is -0.665 e.